The standard InChI is InChI=1S/C57H94O28/c1-21(20-75-51-44(71)40(67)36(63)30(15-58)78-51)5-8-28-22(2)35-29(77-28)14-27-25-7-6-23-13-24(9-11-56(23,3)26(25)10-12-57(27,35)4)76-52-47(74)43(70)48(34(19-62)82-52)83-55-50(85-54-46(73)42(69)38(65)32(17-60)80-54)49(39(66)33(18-61)81-55)84-53-45(72)41(68)37(64)31(16-59)79-53/h21,23-27,29-55,58-74H,5-20H2,1-4H3/t21-,23-,24+,25+,26-,27+,29+,30+,31+,32+,33+,34+,35+,36+,37+,38+,39+,40-,41-,42-,43+,44+,45+,46+,47+,48-,49-,50+,51+,52+,53-,54-,55-,56+,57+/m0/s1. The number of allylic oxidation sites excluding steroid dienone is 1. The maximum Gasteiger partial charge on any atom is 0.187 e. The lowest BCUT2D eigenvalue weighted by Gasteiger charge is -2.61. The molecule has 0 radical (unpaired) electrons. The third kappa shape index (κ3) is 12.4. The smallest absolute Gasteiger partial charge is 0.187 e. The summed E-state index contributed by atoms with van der Waals surface area (Å²) in [5.74, 6) is 3.11. The maximum atomic E-state index is 11.9. The van der Waals surface area contributed by atoms with E-state index in [0.717, 1.165) is 57.1 Å². The SMILES string of the molecule is CC1=C(CC[C@H](C)CO[C@@H]2O[C@H](CO)[C@@H](O)[C@H](O)[C@H]2O)O[C@@H]2C[C@@H]3[C@@H]4CC[C@H]5C[C@H](O[C@@H]6O[C@H](CO)[C@H](O[C@@H]7O[C@H](CO)[C@@H](O)[C@H](O[C@@H]8O[C@H](CO)[C@@H](O)[C@H](O)[C@H]8O)[C@H]7O[C@@H]7O[C@H](CO)[C@@H](O)[C@H](O)[C@H]7O)[C@H](O)[C@H]6O)CC[C@@]5(C)[C@H]4CC[C@@]3(C)[C@H]12. The Labute approximate surface area is 492 Å². The van der Waals surface area contributed by atoms with E-state index in [0.29, 0.717) is 36.5 Å². The summed E-state index contributed by atoms with van der Waals surface area (Å²) < 4.78 is 66.3. The van der Waals surface area contributed by atoms with Gasteiger partial charge in [-0.1, -0.05) is 20.8 Å². The van der Waals surface area contributed by atoms with Gasteiger partial charge in [-0.3, -0.25) is 0 Å². The summed E-state index contributed by atoms with van der Waals surface area (Å²) in [4.78, 5) is 0. The highest BCUT2D eigenvalue weighted by Gasteiger charge is 2.65. The van der Waals surface area contributed by atoms with E-state index >= 15 is 0 Å². The predicted molar refractivity (Wildman–Crippen MR) is 283 cm³/mol. The van der Waals surface area contributed by atoms with E-state index in [4.69, 9.17) is 52.1 Å². The van der Waals surface area contributed by atoms with E-state index in [9.17, 15) is 86.8 Å². The van der Waals surface area contributed by atoms with Crippen molar-refractivity contribution < 1.29 is 139 Å². The molecule has 28 heteroatoms. The Bertz CT molecular complexity index is 2210. The molecule has 35 atom stereocenters. The fraction of sp³-hybridized carbons (Fsp3) is 0.965. The average Bonchev–Trinajstić information content (AvgIpc) is 1.64. The van der Waals surface area contributed by atoms with Gasteiger partial charge in [-0.2, -0.15) is 0 Å². The summed E-state index contributed by atoms with van der Waals surface area (Å²) in [7, 11) is 0. The van der Waals surface area contributed by atoms with Crippen LogP contribution < -0.4 is 0 Å². The van der Waals surface area contributed by atoms with Crippen molar-refractivity contribution in [3.8, 4) is 0 Å². The minimum atomic E-state index is -2.06. The van der Waals surface area contributed by atoms with Gasteiger partial charge in [0.25, 0.3) is 0 Å². The van der Waals surface area contributed by atoms with Crippen LogP contribution in [0.5, 0.6) is 0 Å². The largest absolute Gasteiger partial charge is 0.494 e. The van der Waals surface area contributed by atoms with Crippen LogP contribution >= 0.6 is 0 Å². The highest BCUT2D eigenvalue weighted by atomic mass is 16.8. The minimum absolute atomic E-state index is 0.00321. The fourth-order valence-electron chi connectivity index (χ4n) is 16.6. The molecule has 0 unspecified atom stereocenters. The molecule has 0 bridgehead atoms. The first kappa shape index (κ1) is 66.4. The average molecular weight is 1230 g/mol. The molecule has 0 aromatic rings. The molecule has 28 nitrogen and oxygen atoms in total. The van der Waals surface area contributed by atoms with Gasteiger partial charge < -0.3 is 139 Å². The lowest BCUT2D eigenvalue weighted by Crippen LogP contribution is -2.68. The summed E-state index contributed by atoms with van der Waals surface area (Å²) >= 11 is 0. The minimum Gasteiger partial charge on any atom is -0.494 e. The molecular weight excluding hydrogens is 1130 g/mol. The molecule has 10 rings (SSSR count). The van der Waals surface area contributed by atoms with Crippen molar-refractivity contribution in [2.45, 2.75) is 258 Å². The first-order chi connectivity index (χ1) is 40.4. The summed E-state index contributed by atoms with van der Waals surface area (Å²) in [5.41, 5.74) is 1.37. The molecule has 10 aliphatic rings. The second-order valence-corrected chi connectivity index (χ2v) is 26.5. The number of aliphatic hydroxyl groups excluding tert-OH is 17. The topological polar surface area (TPSA) is 445 Å². The molecule has 0 amide bonds. The van der Waals surface area contributed by atoms with Gasteiger partial charge in [0.1, 0.15) is 128 Å². The third-order valence-corrected chi connectivity index (χ3v) is 21.6. The lowest BCUT2D eigenvalue weighted by atomic mass is 9.44. The summed E-state index contributed by atoms with van der Waals surface area (Å²) in [6.07, 6.45) is -34.5. The molecule has 6 aliphatic heterocycles. The molecule has 490 valence electrons. The first-order valence-corrected chi connectivity index (χ1v) is 30.5. The normalized spacial score (nSPS) is 53.1. The molecule has 4 saturated carbocycles. The van der Waals surface area contributed by atoms with Gasteiger partial charge in [-0.25, -0.2) is 0 Å². The zero-order chi connectivity index (χ0) is 61.3. The van der Waals surface area contributed by atoms with E-state index < -0.39 is 193 Å². The molecule has 5 saturated heterocycles. The van der Waals surface area contributed by atoms with Crippen LogP contribution in [0.2, 0.25) is 0 Å². The lowest BCUT2D eigenvalue weighted by molar-refractivity contribution is -0.406. The van der Waals surface area contributed by atoms with E-state index in [1.54, 1.807) is 0 Å². The van der Waals surface area contributed by atoms with Gasteiger partial charge in [-0.15, -0.1) is 0 Å². The van der Waals surface area contributed by atoms with Crippen molar-refractivity contribution >= 4 is 0 Å². The van der Waals surface area contributed by atoms with Crippen LogP contribution in [0.1, 0.15) is 91.9 Å². The Morgan fingerprint density at radius 2 is 0.953 bits per heavy atom. The number of rotatable bonds is 19. The molecule has 17 N–H and O–H groups in total. The molecule has 0 aromatic carbocycles. The van der Waals surface area contributed by atoms with Crippen LogP contribution in [0, 0.1) is 46.3 Å². The van der Waals surface area contributed by atoms with E-state index in [-0.39, 0.29) is 35.4 Å². The highest BCUT2D eigenvalue weighted by molar-refractivity contribution is 5.27. The van der Waals surface area contributed by atoms with Crippen molar-refractivity contribution in [2.75, 3.05) is 39.6 Å². The second-order valence-electron chi connectivity index (χ2n) is 26.5. The molecule has 9 fully saturated rings. The molecule has 4 aliphatic carbocycles. The fourth-order valence-corrected chi connectivity index (χ4v) is 16.6. The van der Waals surface area contributed by atoms with Crippen LogP contribution in [0.4, 0.5) is 0 Å². The van der Waals surface area contributed by atoms with Gasteiger partial charge in [0.15, 0.2) is 31.5 Å². The third-order valence-electron chi connectivity index (χ3n) is 21.6. The van der Waals surface area contributed by atoms with Crippen LogP contribution in [0.25, 0.3) is 0 Å². The van der Waals surface area contributed by atoms with Crippen molar-refractivity contribution in [2.24, 2.45) is 46.3 Å². The monoisotopic (exact) mass is 1230 g/mol. The molecule has 6 heterocycles. The van der Waals surface area contributed by atoms with Crippen LogP contribution in [-0.2, 0) is 52.1 Å². The van der Waals surface area contributed by atoms with Crippen molar-refractivity contribution in [3.05, 3.63) is 11.3 Å². The zero-order valence-electron chi connectivity index (χ0n) is 48.5. The number of ether oxygens (including phenoxy) is 11. The summed E-state index contributed by atoms with van der Waals surface area (Å²) in [6, 6.07) is 0. The maximum absolute atomic E-state index is 11.9. The van der Waals surface area contributed by atoms with Gasteiger partial charge in [0.05, 0.1) is 51.5 Å². The van der Waals surface area contributed by atoms with Crippen LogP contribution in [0.3, 0.4) is 0 Å². The summed E-state index contributed by atoms with van der Waals surface area (Å²) in [6.45, 7) is 5.32. The highest BCUT2D eigenvalue weighted by Crippen LogP contribution is 2.70. The van der Waals surface area contributed by atoms with Crippen molar-refractivity contribution in [3.63, 3.8) is 0 Å². The van der Waals surface area contributed by atoms with Gasteiger partial charge in [0, 0.05) is 12.3 Å². The first-order valence-electron chi connectivity index (χ1n) is 30.5. The second kappa shape index (κ2) is 27.0. The Balaban J connectivity index is 0.769. The number of aliphatic hydroxyl groups is 17. The van der Waals surface area contributed by atoms with E-state index in [2.05, 4.69) is 20.8 Å². The molecule has 0 aromatic heterocycles. The number of hydrogen-bond donors (Lipinski definition) is 17. The van der Waals surface area contributed by atoms with E-state index in [1.165, 1.54) is 5.57 Å². The Morgan fingerprint density at radius 1 is 0.471 bits per heavy atom. The Kier molecular flexibility index (Phi) is 21.1. The Hall–Kier alpha value is -1.54. The molecular formula is C57H94O28. The number of hydrogen-bond acceptors (Lipinski definition) is 28. The van der Waals surface area contributed by atoms with Crippen LogP contribution in [0.15, 0.2) is 11.3 Å². The van der Waals surface area contributed by atoms with Crippen molar-refractivity contribution in [1.82, 2.24) is 0 Å². The quantitative estimate of drug-likeness (QED) is 0.0538. The van der Waals surface area contributed by atoms with Crippen LogP contribution in [-0.4, -0.2) is 292 Å². The zero-order valence-corrected chi connectivity index (χ0v) is 48.5. The van der Waals surface area contributed by atoms with Crippen molar-refractivity contribution in [1.29, 1.82) is 0 Å². The number of fused-ring (bicyclic) bond motifs is 7. The van der Waals surface area contributed by atoms with E-state index in [1.807, 2.05) is 6.92 Å². The van der Waals surface area contributed by atoms with Gasteiger partial charge in [-0.05, 0) is 111 Å². The predicted octanol–water partition coefficient (Wildman–Crippen LogP) is -5.18. The molecule has 85 heavy (non-hydrogen) atoms. The summed E-state index contributed by atoms with van der Waals surface area (Å²) in [5, 5.41) is 181. The molecule has 0 spiro atoms. The van der Waals surface area contributed by atoms with Gasteiger partial charge in [0.2, 0.25) is 0 Å². The van der Waals surface area contributed by atoms with Gasteiger partial charge >= 0.3 is 0 Å². The Morgan fingerprint density at radius 3 is 1.54 bits per heavy atom.